The lowest BCUT2D eigenvalue weighted by molar-refractivity contribution is -0.140. The monoisotopic (exact) mass is 288 g/mol. The highest BCUT2D eigenvalue weighted by Gasteiger charge is 2.27. The van der Waals surface area contributed by atoms with Gasteiger partial charge < -0.3 is 4.74 Å². The standard InChI is InChI=1S/C19H28O2/c1-4-5-9-16-10-12-17(13-11-16)19(20)21-18-14(2)7-6-8-15(18)3/h6-8,16-17H,4-5,9-13H2,1-3H3. The van der Waals surface area contributed by atoms with Gasteiger partial charge in [0.25, 0.3) is 0 Å². The van der Waals surface area contributed by atoms with E-state index in [0.717, 1.165) is 35.6 Å². The highest BCUT2D eigenvalue weighted by atomic mass is 16.5. The van der Waals surface area contributed by atoms with Crippen molar-refractivity contribution < 1.29 is 9.53 Å². The Morgan fingerprint density at radius 3 is 2.33 bits per heavy atom. The summed E-state index contributed by atoms with van der Waals surface area (Å²) in [4.78, 5) is 12.4. The molecule has 0 aromatic heterocycles. The summed E-state index contributed by atoms with van der Waals surface area (Å²) < 4.78 is 5.69. The van der Waals surface area contributed by atoms with Gasteiger partial charge in [-0.25, -0.2) is 0 Å². The van der Waals surface area contributed by atoms with Crippen molar-refractivity contribution in [1.29, 1.82) is 0 Å². The van der Waals surface area contributed by atoms with Crippen molar-refractivity contribution in [2.75, 3.05) is 0 Å². The summed E-state index contributed by atoms with van der Waals surface area (Å²) in [5.74, 6) is 1.66. The van der Waals surface area contributed by atoms with Gasteiger partial charge in [0.1, 0.15) is 5.75 Å². The molecule has 2 heteroatoms. The summed E-state index contributed by atoms with van der Waals surface area (Å²) in [5.41, 5.74) is 2.08. The topological polar surface area (TPSA) is 26.3 Å². The molecule has 21 heavy (non-hydrogen) atoms. The predicted octanol–water partition coefficient (Wildman–Crippen LogP) is 5.21. The zero-order valence-electron chi connectivity index (χ0n) is 13.7. The number of hydrogen-bond acceptors (Lipinski definition) is 2. The number of carbonyl (C=O) groups excluding carboxylic acids is 1. The van der Waals surface area contributed by atoms with E-state index in [9.17, 15) is 4.79 Å². The number of hydrogen-bond donors (Lipinski definition) is 0. The average molecular weight is 288 g/mol. The van der Waals surface area contributed by atoms with Crippen molar-refractivity contribution in [3.63, 3.8) is 0 Å². The normalized spacial score (nSPS) is 22.0. The minimum atomic E-state index is -0.0265. The molecule has 2 rings (SSSR count). The Morgan fingerprint density at radius 2 is 1.76 bits per heavy atom. The largest absolute Gasteiger partial charge is 0.426 e. The molecule has 0 N–H and O–H groups in total. The third kappa shape index (κ3) is 4.33. The molecule has 0 spiro atoms. The Bertz CT molecular complexity index is 450. The lowest BCUT2D eigenvalue weighted by Gasteiger charge is -2.27. The van der Waals surface area contributed by atoms with Crippen LogP contribution in [0.2, 0.25) is 0 Å². The molecule has 0 unspecified atom stereocenters. The second kappa shape index (κ2) is 7.63. The predicted molar refractivity (Wildman–Crippen MR) is 86.5 cm³/mol. The Labute approximate surface area is 128 Å². The molecule has 0 radical (unpaired) electrons. The van der Waals surface area contributed by atoms with Gasteiger partial charge in [-0.3, -0.25) is 4.79 Å². The van der Waals surface area contributed by atoms with Gasteiger partial charge in [0.2, 0.25) is 0 Å². The fraction of sp³-hybridized carbons (Fsp3) is 0.632. The van der Waals surface area contributed by atoms with Gasteiger partial charge in [0, 0.05) is 0 Å². The van der Waals surface area contributed by atoms with E-state index in [1.165, 1.54) is 32.1 Å². The van der Waals surface area contributed by atoms with Crippen LogP contribution in [0.3, 0.4) is 0 Å². The minimum absolute atomic E-state index is 0.0265. The Kier molecular flexibility index (Phi) is 5.84. The number of unbranched alkanes of at least 4 members (excludes halogenated alkanes) is 1. The first-order valence-electron chi connectivity index (χ1n) is 8.39. The number of rotatable bonds is 5. The molecule has 0 heterocycles. The van der Waals surface area contributed by atoms with Gasteiger partial charge in [-0.2, -0.15) is 0 Å². The van der Waals surface area contributed by atoms with Crippen LogP contribution >= 0.6 is 0 Å². The zero-order valence-corrected chi connectivity index (χ0v) is 13.7. The summed E-state index contributed by atoms with van der Waals surface area (Å²) >= 11 is 0. The Hall–Kier alpha value is -1.31. The molecule has 1 aliphatic carbocycles. The minimum Gasteiger partial charge on any atom is -0.426 e. The maximum Gasteiger partial charge on any atom is 0.314 e. The first kappa shape index (κ1) is 16.1. The van der Waals surface area contributed by atoms with E-state index in [4.69, 9.17) is 4.74 Å². The average Bonchev–Trinajstić information content (AvgIpc) is 2.49. The maximum atomic E-state index is 12.4. The lowest BCUT2D eigenvalue weighted by Crippen LogP contribution is -2.26. The van der Waals surface area contributed by atoms with Crippen molar-refractivity contribution in [2.24, 2.45) is 11.8 Å². The van der Waals surface area contributed by atoms with E-state index >= 15 is 0 Å². The van der Waals surface area contributed by atoms with Crippen LogP contribution in [-0.4, -0.2) is 5.97 Å². The zero-order chi connectivity index (χ0) is 15.2. The van der Waals surface area contributed by atoms with Crippen LogP contribution in [0, 0.1) is 25.7 Å². The molecular weight excluding hydrogens is 260 g/mol. The second-order valence-electron chi connectivity index (χ2n) is 6.50. The molecule has 0 aliphatic heterocycles. The van der Waals surface area contributed by atoms with Crippen LogP contribution in [0.25, 0.3) is 0 Å². The van der Waals surface area contributed by atoms with Gasteiger partial charge in [-0.05, 0) is 56.6 Å². The van der Waals surface area contributed by atoms with E-state index in [1.54, 1.807) is 0 Å². The first-order valence-corrected chi connectivity index (χ1v) is 8.39. The van der Waals surface area contributed by atoms with Crippen molar-refractivity contribution in [3.05, 3.63) is 29.3 Å². The summed E-state index contributed by atoms with van der Waals surface area (Å²) in [6.45, 7) is 6.24. The number of ether oxygens (including phenoxy) is 1. The van der Waals surface area contributed by atoms with E-state index < -0.39 is 0 Å². The maximum absolute atomic E-state index is 12.4. The number of carbonyl (C=O) groups is 1. The molecule has 116 valence electrons. The molecule has 1 aromatic rings. The highest BCUT2D eigenvalue weighted by molar-refractivity contribution is 5.76. The molecule has 2 nitrogen and oxygen atoms in total. The van der Waals surface area contributed by atoms with Crippen molar-refractivity contribution in [1.82, 2.24) is 0 Å². The molecule has 1 aliphatic rings. The number of aryl methyl sites for hydroxylation is 2. The quantitative estimate of drug-likeness (QED) is 0.549. The van der Waals surface area contributed by atoms with Gasteiger partial charge in [0.15, 0.2) is 0 Å². The molecule has 1 saturated carbocycles. The van der Waals surface area contributed by atoms with Crippen LogP contribution in [0.15, 0.2) is 18.2 Å². The second-order valence-corrected chi connectivity index (χ2v) is 6.50. The smallest absolute Gasteiger partial charge is 0.314 e. The molecular formula is C19H28O2. The van der Waals surface area contributed by atoms with Gasteiger partial charge in [0.05, 0.1) is 5.92 Å². The van der Waals surface area contributed by atoms with E-state index in [2.05, 4.69) is 6.92 Å². The first-order chi connectivity index (χ1) is 10.1. The summed E-state index contributed by atoms with van der Waals surface area (Å²) in [6.07, 6.45) is 8.29. The summed E-state index contributed by atoms with van der Waals surface area (Å²) in [7, 11) is 0. The van der Waals surface area contributed by atoms with E-state index in [-0.39, 0.29) is 11.9 Å². The van der Waals surface area contributed by atoms with Gasteiger partial charge in [-0.15, -0.1) is 0 Å². The van der Waals surface area contributed by atoms with Crippen LogP contribution in [0.4, 0.5) is 0 Å². The molecule has 0 atom stereocenters. The SMILES string of the molecule is CCCCC1CCC(C(=O)Oc2c(C)cccc2C)CC1. The molecule has 0 bridgehead atoms. The van der Waals surface area contributed by atoms with Crippen LogP contribution in [0.5, 0.6) is 5.75 Å². The van der Waals surface area contributed by atoms with Crippen LogP contribution < -0.4 is 4.74 Å². The fourth-order valence-corrected chi connectivity index (χ4v) is 3.32. The van der Waals surface area contributed by atoms with Gasteiger partial charge >= 0.3 is 5.97 Å². The number of benzene rings is 1. The molecule has 1 fully saturated rings. The number of esters is 1. The highest BCUT2D eigenvalue weighted by Crippen LogP contribution is 2.33. The fourth-order valence-electron chi connectivity index (χ4n) is 3.32. The van der Waals surface area contributed by atoms with Crippen molar-refractivity contribution in [3.8, 4) is 5.75 Å². The van der Waals surface area contributed by atoms with Crippen LogP contribution in [-0.2, 0) is 4.79 Å². The van der Waals surface area contributed by atoms with Crippen molar-refractivity contribution >= 4 is 5.97 Å². The Morgan fingerprint density at radius 1 is 1.14 bits per heavy atom. The van der Waals surface area contributed by atoms with Crippen molar-refractivity contribution in [2.45, 2.75) is 65.7 Å². The third-order valence-electron chi connectivity index (χ3n) is 4.76. The summed E-state index contributed by atoms with van der Waals surface area (Å²) in [5, 5.41) is 0. The lowest BCUT2D eigenvalue weighted by atomic mass is 9.80. The number of para-hydroxylation sites is 1. The van der Waals surface area contributed by atoms with E-state index in [0.29, 0.717) is 0 Å². The van der Waals surface area contributed by atoms with E-state index in [1.807, 2.05) is 32.0 Å². The third-order valence-corrected chi connectivity index (χ3v) is 4.76. The molecule has 0 saturated heterocycles. The summed E-state index contributed by atoms with van der Waals surface area (Å²) in [6, 6.07) is 6.00. The molecule has 0 amide bonds. The van der Waals surface area contributed by atoms with Gasteiger partial charge in [-0.1, -0.05) is 44.4 Å². The molecule has 1 aromatic carbocycles. The van der Waals surface area contributed by atoms with Crippen LogP contribution in [0.1, 0.15) is 63.0 Å². The Balaban J connectivity index is 1.88.